The maximum absolute atomic E-state index is 14.2. The van der Waals surface area contributed by atoms with Crippen LogP contribution in [0, 0.1) is 0 Å². The standard InChI is InChI=1S/C42H45Br2N7O4/c43-34-24-31(25-35(44)39(34)45)38(52)26-37(41(54)50-17-15-33(16-18-50)51-19-14-29-8-4-5-9-36(29)47-42(51)55)46-40(53)30-10-12-32(13-11-30)49-22-20-48(21-23-49)27-28-6-2-1-3-7-28/h1-13,24-25,33,37H,14-23,26-27,45H2,(H,46,53)(H,47,55)/t37-/m1/s1. The van der Waals surface area contributed by atoms with Gasteiger partial charge in [-0.1, -0.05) is 48.5 Å². The van der Waals surface area contributed by atoms with Gasteiger partial charge in [-0.3, -0.25) is 19.3 Å². The number of rotatable bonds is 10. The van der Waals surface area contributed by atoms with Crippen LogP contribution in [-0.4, -0.2) is 96.2 Å². The van der Waals surface area contributed by atoms with Gasteiger partial charge in [0.2, 0.25) is 5.91 Å². The third kappa shape index (κ3) is 9.22. The van der Waals surface area contributed by atoms with Gasteiger partial charge < -0.3 is 31.1 Å². The lowest BCUT2D eigenvalue weighted by atomic mass is 9.99. The molecule has 4 N–H and O–H groups in total. The summed E-state index contributed by atoms with van der Waals surface area (Å²) in [5.74, 6) is -1.07. The van der Waals surface area contributed by atoms with E-state index in [0.717, 1.165) is 56.1 Å². The molecule has 1 atom stereocenters. The van der Waals surface area contributed by atoms with Gasteiger partial charge in [0.05, 0.1) is 5.69 Å². The number of carbonyl (C=O) groups excluding carboxylic acids is 4. The Bertz CT molecular complexity index is 2010. The molecule has 0 spiro atoms. The van der Waals surface area contributed by atoms with E-state index >= 15 is 0 Å². The third-order valence-electron chi connectivity index (χ3n) is 10.9. The molecule has 11 nitrogen and oxygen atoms in total. The molecule has 3 aliphatic rings. The molecule has 55 heavy (non-hydrogen) atoms. The van der Waals surface area contributed by atoms with Gasteiger partial charge in [0.1, 0.15) is 6.04 Å². The molecule has 3 heterocycles. The number of carbonyl (C=O) groups is 4. The molecular weight excluding hydrogens is 826 g/mol. The van der Waals surface area contributed by atoms with E-state index in [0.29, 0.717) is 58.2 Å². The van der Waals surface area contributed by atoms with Gasteiger partial charge in [-0.05, 0) is 105 Å². The molecule has 0 aliphatic carbocycles. The molecule has 2 saturated heterocycles. The van der Waals surface area contributed by atoms with Crippen molar-refractivity contribution in [3.05, 3.63) is 122 Å². The fourth-order valence-corrected chi connectivity index (χ4v) is 8.86. The van der Waals surface area contributed by atoms with Crippen LogP contribution >= 0.6 is 31.9 Å². The smallest absolute Gasteiger partial charge is 0.322 e. The summed E-state index contributed by atoms with van der Waals surface area (Å²) >= 11 is 6.82. The number of nitrogen functional groups attached to an aromatic ring is 1. The number of halogens is 2. The van der Waals surface area contributed by atoms with Crippen molar-refractivity contribution in [3.63, 3.8) is 0 Å². The first-order chi connectivity index (χ1) is 26.6. The highest BCUT2D eigenvalue weighted by Crippen LogP contribution is 2.31. The third-order valence-corrected chi connectivity index (χ3v) is 12.2. The Balaban J connectivity index is 1.00. The largest absolute Gasteiger partial charge is 0.397 e. The SMILES string of the molecule is Nc1c(Br)cc(C(=O)C[C@@H](NC(=O)c2ccc(N3CCN(Cc4ccccc4)CC3)cc2)C(=O)N2CCC(N3CCc4ccccc4NC3=O)CC2)cc1Br. The van der Waals surface area contributed by atoms with Crippen molar-refractivity contribution in [2.45, 2.75) is 44.3 Å². The van der Waals surface area contributed by atoms with E-state index < -0.39 is 11.9 Å². The number of piperidine rings is 1. The van der Waals surface area contributed by atoms with Gasteiger partial charge in [0.15, 0.2) is 5.78 Å². The molecule has 13 heteroatoms. The number of Topliss-reactive ketones (excluding diaryl/α,β-unsaturated/α-hetero) is 1. The summed E-state index contributed by atoms with van der Waals surface area (Å²) in [4.78, 5) is 63.1. The molecule has 2 fully saturated rings. The van der Waals surface area contributed by atoms with Crippen LogP contribution in [0.5, 0.6) is 0 Å². The zero-order valence-corrected chi connectivity index (χ0v) is 33.7. The predicted molar refractivity (Wildman–Crippen MR) is 222 cm³/mol. The molecule has 0 aromatic heterocycles. The molecule has 286 valence electrons. The molecule has 7 rings (SSSR count). The summed E-state index contributed by atoms with van der Waals surface area (Å²) in [6, 6.07) is 27.7. The summed E-state index contributed by atoms with van der Waals surface area (Å²) in [5, 5.41) is 5.95. The van der Waals surface area contributed by atoms with Gasteiger partial charge in [-0.15, -0.1) is 0 Å². The number of nitrogens with zero attached hydrogens (tertiary/aromatic N) is 4. The molecule has 0 unspecified atom stereocenters. The monoisotopic (exact) mass is 869 g/mol. The quantitative estimate of drug-likeness (QED) is 0.122. The number of fused-ring (bicyclic) bond motifs is 1. The Morgan fingerprint density at radius 3 is 2.15 bits per heavy atom. The highest BCUT2D eigenvalue weighted by atomic mass is 79.9. The zero-order chi connectivity index (χ0) is 38.5. The second-order valence-electron chi connectivity index (χ2n) is 14.4. The number of nitrogens with two attached hydrogens (primary N) is 1. The Morgan fingerprint density at radius 2 is 1.45 bits per heavy atom. The van der Waals surface area contributed by atoms with Crippen molar-refractivity contribution in [1.29, 1.82) is 0 Å². The number of ketones is 1. The lowest BCUT2D eigenvalue weighted by Crippen LogP contribution is -2.54. The highest BCUT2D eigenvalue weighted by molar-refractivity contribution is 9.11. The normalized spacial score (nSPS) is 17.2. The molecule has 0 radical (unpaired) electrons. The molecular formula is C42H45Br2N7O4. The number of likely N-dealkylation sites (tertiary alicyclic amines) is 1. The summed E-state index contributed by atoms with van der Waals surface area (Å²) in [6.45, 7) is 5.93. The van der Waals surface area contributed by atoms with Crippen molar-refractivity contribution in [3.8, 4) is 0 Å². The number of amides is 4. The molecule has 4 aromatic rings. The number of hydrogen-bond donors (Lipinski definition) is 3. The maximum atomic E-state index is 14.2. The molecule has 0 bridgehead atoms. The lowest BCUT2D eigenvalue weighted by Gasteiger charge is -2.39. The summed E-state index contributed by atoms with van der Waals surface area (Å²) in [5.41, 5.74) is 11.6. The van der Waals surface area contributed by atoms with E-state index in [1.165, 1.54) is 5.56 Å². The van der Waals surface area contributed by atoms with Gasteiger partial charge >= 0.3 is 6.03 Å². The second-order valence-corrected chi connectivity index (χ2v) is 16.1. The first kappa shape index (κ1) is 38.6. The molecule has 3 aliphatic heterocycles. The van der Waals surface area contributed by atoms with Crippen LogP contribution in [-0.2, 0) is 17.8 Å². The summed E-state index contributed by atoms with van der Waals surface area (Å²) < 4.78 is 1.11. The number of urea groups is 1. The van der Waals surface area contributed by atoms with E-state index in [1.807, 2.05) is 47.4 Å². The van der Waals surface area contributed by atoms with Crippen LogP contribution < -0.4 is 21.3 Å². The summed E-state index contributed by atoms with van der Waals surface area (Å²) in [7, 11) is 0. The van der Waals surface area contributed by atoms with Gasteiger partial charge in [0, 0.05) is 96.3 Å². The van der Waals surface area contributed by atoms with E-state index in [4.69, 9.17) is 5.73 Å². The Labute approximate surface area is 338 Å². The van der Waals surface area contributed by atoms with Crippen molar-refractivity contribution in [2.24, 2.45) is 0 Å². The number of hydrogen-bond acceptors (Lipinski definition) is 7. The van der Waals surface area contributed by atoms with Crippen LogP contribution in [0.15, 0.2) is 99.9 Å². The average molecular weight is 872 g/mol. The fourth-order valence-electron chi connectivity index (χ4n) is 7.68. The number of anilines is 3. The van der Waals surface area contributed by atoms with Crippen molar-refractivity contribution < 1.29 is 19.2 Å². The minimum absolute atomic E-state index is 0.0390. The van der Waals surface area contributed by atoms with Crippen molar-refractivity contribution in [2.75, 3.05) is 61.8 Å². The first-order valence-corrected chi connectivity index (χ1v) is 20.4. The Hall–Kier alpha value is -4.72. The fraction of sp³-hybridized carbons (Fsp3) is 0.333. The lowest BCUT2D eigenvalue weighted by molar-refractivity contribution is -0.134. The van der Waals surface area contributed by atoms with Crippen LogP contribution in [0.2, 0.25) is 0 Å². The number of benzene rings is 4. The maximum Gasteiger partial charge on any atom is 0.322 e. The van der Waals surface area contributed by atoms with Crippen LogP contribution in [0.4, 0.5) is 21.9 Å². The van der Waals surface area contributed by atoms with E-state index in [2.05, 4.69) is 76.6 Å². The number of nitrogens with one attached hydrogen (secondary N) is 2. The minimum Gasteiger partial charge on any atom is -0.397 e. The molecule has 4 amide bonds. The zero-order valence-electron chi connectivity index (χ0n) is 30.6. The number of piperazine rings is 1. The first-order valence-electron chi connectivity index (χ1n) is 18.8. The van der Waals surface area contributed by atoms with E-state index in [9.17, 15) is 19.2 Å². The van der Waals surface area contributed by atoms with E-state index in [-0.39, 0.29) is 30.2 Å². The second kappa shape index (κ2) is 17.4. The minimum atomic E-state index is -1.10. The molecule has 4 aromatic carbocycles. The Kier molecular flexibility index (Phi) is 12.2. The van der Waals surface area contributed by atoms with Crippen LogP contribution in [0.25, 0.3) is 0 Å². The van der Waals surface area contributed by atoms with E-state index in [1.54, 1.807) is 29.2 Å². The van der Waals surface area contributed by atoms with Crippen LogP contribution in [0.1, 0.15) is 51.1 Å². The molecule has 0 saturated carbocycles. The predicted octanol–water partition coefficient (Wildman–Crippen LogP) is 6.57. The van der Waals surface area contributed by atoms with Gasteiger partial charge in [-0.2, -0.15) is 0 Å². The topological polar surface area (TPSA) is 131 Å². The van der Waals surface area contributed by atoms with Crippen molar-refractivity contribution in [1.82, 2.24) is 20.0 Å². The van der Waals surface area contributed by atoms with Crippen molar-refractivity contribution >= 4 is 72.6 Å². The summed E-state index contributed by atoms with van der Waals surface area (Å²) in [6.07, 6.45) is 1.69. The number of para-hydroxylation sites is 1. The van der Waals surface area contributed by atoms with Gasteiger partial charge in [0.25, 0.3) is 5.91 Å². The van der Waals surface area contributed by atoms with Gasteiger partial charge in [-0.25, -0.2) is 4.79 Å². The van der Waals surface area contributed by atoms with Crippen LogP contribution in [0.3, 0.4) is 0 Å². The Morgan fingerprint density at radius 1 is 0.800 bits per heavy atom. The average Bonchev–Trinajstić information content (AvgIpc) is 3.38. The highest BCUT2D eigenvalue weighted by Gasteiger charge is 2.35.